The number of nitrogens with one attached hydrogen (secondary N) is 4. The second kappa shape index (κ2) is 17.8. The lowest BCUT2D eigenvalue weighted by molar-refractivity contribution is -0.132. The minimum Gasteiger partial charge on any atom is -0.479 e. The molecule has 2 aromatic rings. The highest BCUT2D eigenvalue weighted by Gasteiger charge is 2.18. The predicted molar refractivity (Wildman–Crippen MR) is 158 cm³/mol. The number of hydrazine groups is 2. The van der Waals surface area contributed by atoms with E-state index in [9.17, 15) is 19.2 Å². The molecule has 0 aromatic heterocycles. The lowest BCUT2D eigenvalue weighted by Crippen LogP contribution is -2.47. The van der Waals surface area contributed by atoms with Crippen molar-refractivity contribution in [2.45, 2.75) is 71.0 Å². The Balaban J connectivity index is 1.50. The fourth-order valence-electron chi connectivity index (χ4n) is 3.32. The Hall–Kier alpha value is -2.92. The maximum Gasteiger partial charge on any atom is 0.279 e. The maximum atomic E-state index is 12.2. The number of amides is 4. The molecule has 2 aromatic carbocycles. The molecule has 0 bridgehead atoms. The Morgan fingerprint density at radius 2 is 0.976 bits per heavy atom. The molecule has 41 heavy (non-hydrogen) atoms. The number of carbonyl (C=O) groups is 4. The highest BCUT2D eigenvalue weighted by atomic mass is 35.5. The fraction of sp³-hybridized carbons (Fsp3) is 0.407. The Kier molecular flexibility index (Phi) is 14.9. The average molecular weight is 650 g/mol. The van der Waals surface area contributed by atoms with Crippen LogP contribution in [0.15, 0.2) is 36.4 Å². The van der Waals surface area contributed by atoms with Crippen molar-refractivity contribution in [1.82, 2.24) is 21.7 Å². The molecule has 2 rings (SSSR count). The van der Waals surface area contributed by atoms with E-state index in [1.807, 2.05) is 0 Å². The Labute approximate surface area is 258 Å². The van der Waals surface area contributed by atoms with E-state index in [0.29, 0.717) is 34.4 Å². The number of hydrogen-bond donors (Lipinski definition) is 4. The zero-order chi connectivity index (χ0) is 30.4. The van der Waals surface area contributed by atoms with Gasteiger partial charge >= 0.3 is 0 Å². The predicted octanol–water partition coefficient (Wildman–Crippen LogP) is 5.56. The van der Waals surface area contributed by atoms with E-state index in [1.54, 1.807) is 24.3 Å². The number of unbranched alkanes of at least 4 members (excludes halogenated alkanes) is 4. The van der Waals surface area contributed by atoms with Gasteiger partial charge in [-0.3, -0.25) is 40.9 Å². The van der Waals surface area contributed by atoms with Crippen LogP contribution in [0.25, 0.3) is 0 Å². The summed E-state index contributed by atoms with van der Waals surface area (Å²) in [7, 11) is 0. The summed E-state index contributed by atoms with van der Waals surface area (Å²) in [5.41, 5.74) is 9.37. The van der Waals surface area contributed by atoms with E-state index < -0.39 is 24.0 Å². The Morgan fingerprint density at radius 1 is 0.610 bits per heavy atom. The molecule has 0 spiro atoms. The summed E-state index contributed by atoms with van der Waals surface area (Å²) in [6, 6.07) is 9.27. The second-order valence-electron chi connectivity index (χ2n) is 9.01. The molecule has 14 heteroatoms. The first-order chi connectivity index (χ1) is 19.5. The molecule has 0 heterocycles. The van der Waals surface area contributed by atoms with E-state index >= 15 is 0 Å². The van der Waals surface area contributed by atoms with Crippen molar-refractivity contribution in [2.24, 2.45) is 0 Å². The quantitative estimate of drug-likeness (QED) is 0.156. The maximum absolute atomic E-state index is 12.2. The minimum absolute atomic E-state index is 0.229. The fourth-order valence-corrected chi connectivity index (χ4v) is 4.23. The summed E-state index contributed by atoms with van der Waals surface area (Å²) in [4.78, 5) is 48.3. The lowest BCUT2D eigenvalue weighted by atomic mass is 10.1. The molecule has 2 unspecified atom stereocenters. The van der Waals surface area contributed by atoms with E-state index in [1.165, 1.54) is 26.0 Å². The number of halogens is 4. The molecule has 0 aliphatic rings. The topological polar surface area (TPSA) is 135 Å². The van der Waals surface area contributed by atoms with Crippen molar-refractivity contribution in [3.05, 3.63) is 56.5 Å². The van der Waals surface area contributed by atoms with Gasteiger partial charge in [-0.25, -0.2) is 0 Å². The first-order valence-electron chi connectivity index (χ1n) is 12.9. The summed E-state index contributed by atoms with van der Waals surface area (Å²) in [6.45, 7) is 3.05. The van der Waals surface area contributed by atoms with Crippen LogP contribution in [-0.4, -0.2) is 35.8 Å². The molecule has 0 aliphatic carbocycles. The van der Waals surface area contributed by atoms with Crippen molar-refractivity contribution in [2.75, 3.05) is 0 Å². The normalized spacial score (nSPS) is 12.0. The van der Waals surface area contributed by atoms with Gasteiger partial charge in [0.1, 0.15) is 11.5 Å². The highest BCUT2D eigenvalue weighted by molar-refractivity contribution is 6.36. The monoisotopic (exact) mass is 648 g/mol. The van der Waals surface area contributed by atoms with Gasteiger partial charge < -0.3 is 9.47 Å². The van der Waals surface area contributed by atoms with E-state index in [-0.39, 0.29) is 34.7 Å². The number of benzene rings is 2. The van der Waals surface area contributed by atoms with E-state index in [0.717, 1.165) is 19.3 Å². The van der Waals surface area contributed by atoms with Gasteiger partial charge in [0, 0.05) is 22.9 Å². The van der Waals surface area contributed by atoms with Crippen LogP contribution in [0, 0.1) is 0 Å². The molecule has 0 radical (unpaired) electrons. The molecule has 0 saturated heterocycles. The summed E-state index contributed by atoms with van der Waals surface area (Å²) < 4.78 is 11.0. The van der Waals surface area contributed by atoms with Crippen LogP contribution < -0.4 is 31.2 Å². The van der Waals surface area contributed by atoms with Crippen LogP contribution in [0.1, 0.15) is 58.8 Å². The first-order valence-corrected chi connectivity index (χ1v) is 14.4. The Bertz CT molecular complexity index is 1120. The van der Waals surface area contributed by atoms with Gasteiger partial charge in [-0.1, -0.05) is 65.7 Å². The molecule has 10 nitrogen and oxygen atoms in total. The summed E-state index contributed by atoms with van der Waals surface area (Å²) in [6.07, 6.45) is 2.26. The second-order valence-corrected chi connectivity index (χ2v) is 10.7. The van der Waals surface area contributed by atoms with Crippen LogP contribution in [0.5, 0.6) is 11.5 Å². The van der Waals surface area contributed by atoms with Crippen LogP contribution in [0.3, 0.4) is 0 Å². The number of carbonyl (C=O) groups excluding carboxylic acids is 4. The number of ether oxygens (including phenoxy) is 2. The zero-order valence-electron chi connectivity index (χ0n) is 22.5. The third kappa shape index (κ3) is 13.1. The van der Waals surface area contributed by atoms with Crippen molar-refractivity contribution >= 4 is 70.0 Å². The van der Waals surface area contributed by atoms with Gasteiger partial charge in [0.2, 0.25) is 11.8 Å². The van der Waals surface area contributed by atoms with Crippen LogP contribution in [0.2, 0.25) is 20.1 Å². The highest BCUT2D eigenvalue weighted by Crippen LogP contribution is 2.29. The third-order valence-electron chi connectivity index (χ3n) is 5.59. The summed E-state index contributed by atoms with van der Waals surface area (Å²) in [5, 5.41) is 1.42. The molecular formula is C27H32Cl4N4O6. The van der Waals surface area contributed by atoms with Crippen molar-refractivity contribution in [1.29, 1.82) is 0 Å². The van der Waals surface area contributed by atoms with Crippen LogP contribution in [0.4, 0.5) is 0 Å². The van der Waals surface area contributed by atoms with Crippen molar-refractivity contribution < 1.29 is 28.7 Å². The van der Waals surface area contributed by atoms with Crippen molar-refractivity contribution in [3.63, 3.8) is 0 Å². The largest absolute Gasteiger partial charge is 0.479 e. The molecule has 0 saturated carbocycles. The molecule has 0 fully saturated rings. The smallest absolute Gasteiger partial charge is 0.279 e. The summed E-state index contributed by atoms with van der Waals surface area (Å²) >= 11 is 23.7. The lowest BCUT2D eigenvalue weighted by Gasteiger charge is -2.16. The third-order valence-corrected chi connectivity index (χ3v) is 6.65. The van der Waals surface area contributed by atoms with Crippen LogP contribution in [-0.2, 0) is 19.2 Å². The SMILES string of the molecule is CC(Oc1ccc(Cl)cc1Cl)C(=O)NNC(=O)CCCCCCCC(=O)NNC(=O)C(C)Oc1ccc(Cl)cc1Cl. The van der Waals surface area contributed by atoms with Crippen molar-refractivity contribution in [3.8, 4) is 11.5 Å². The van der Waals surface area contributed by atoms with Gasteiger partial charge in [0.15, 0.2) is 12.2 Å². The van der Waals surface area contributed by atoms with E-state index in [4.69, 9.17) is 55.9 Å². The molecule has 4 N–H and O–H groups in total. The molecule has 0 aliphatic heterocycles. The minimum atomic E-state index is -0.898. The number of hydrogen-bond acceptors (Lipinski definition) is 6. The van der Waals surface area contributed by atoms with Gasteiger partial charge in [-0.15, -0.1) is 0 Å². The van der Waals surface area contributed by atoms with Gasteiger partial charge in [-0.2, -0.15) is 0 Å². The molecule has 224 valence electrons. The van der Waals surface area contributed by atoms with Gasteiger partial charge in [0.25, 0.3) is 11.8 Å². The number of rotatable bonds is 14. The molecular weight excluding hydrogens is 618 g/mol. The standard InChI is InChI=1S/C27H32Cl4N4O6/c1-16(40-22-12-10-18(28)14-20(22)30)26(38)34-32-24(36)8-6-4-3-5-7-9-25(37)33-35-27(39)17(2)41-23-13-11-19(29)15-21(23)31/h10-17H,3-9H2,1-2H3,(H,32,36)(H,33,37)(H,34,38)(H,35,39). The average Bonchev–Trinajstić information content (AvgIpc) is 2.92. The Morgan fingerprint density at radius 3 is 1.34 bits per heavy atom. The van der Waals surface area contributed by atoms with E-state index in [2.05, 4.69) is 21.7 Å². The molecule has 2 atom stereocenters. The first kappa shape index (κ1) is 34.3. The zero-order valence-corrected chi connectivity index (χ0v) is 25.6. The molecule has 4 amide bonds. The van der Waals surface area contributed by atoms with Crippen LogP contribution >= 0.6 is 46.4 Å². The van der Waals surface area contributed by atoms with Gasteiger partial charge in [-0.05, 0) is 63.1 Å². The van der Waals surface area contributed by atoms with Gasteiger partial charge in [0.05, 0.1) is 10.0 Å². The summed E-state index contributed by atoms with van der Waals surface area (Å²) in [5.74, 6) is -1.14.